The molecular formula is C12H19N5O2S. The van der Waals surface area contributed by atoms with Crippen molar-refractivity contribution in [1.82, 2.24) is 20.0 Å². The second kappa shape index (κ2) is 6.17. The molecule has 0 unspecified atom stereocenters. The molecule has 0 aromatic carbocycles. The topological polar surface area (TPSA) is 78.4 Å². The number of aromatic nitrogens is 2. The van der Waals surface area contributed by atoms with E-state index in [9.17, 15) is 9.59 Å². The highest BCUT2D eigenvalue weighted by molar-refractivity contribution is 7.15. The van der Waals surface area contributed by atoms with Crippen molar-refractivity contribution < 1.29 is 9.59 Å². The number of urea groups is 1. The van der Waals surface area contributed by atoms with Gasteiger partial charge >= 0.3 is 6.03 Å². The smallest absolute Gasteiger partial charge is 0.319 e. The van der Waals surface area contributed by atoms with Crippen molar-refractivity contribution in [2.75, 3.05) is 32.5 Å². The van der Waals surface area contributed by atoms with E-state index >= 15 is 0 Å². The maximum Gasteiger partial charge on any atom is 0.319 e. The molecule has 1 aromatic heterocycles. The number of likely N-dealkylation sites (tertiary alicyclic amines) is 1. The molecule has 1 aliphatic heterocycles. The van der Waals surface area contributed by atoms with E-state index in [-0.39, 0.29) is 17.9 Å². The quantitative estimate of drug-likeness (QED) is 0.889. The predicted octanol–water partition coefficient (Wildman–Crippen LogP) is 1.18. The van der Waals surface area contributed by atoms with Gasteiger partial charge in [-0.1, -0.05) is 11.3 Å². The van der Waals surface area contributed by atoms with E-state index < -0.39 is 0 Å². The normalized spacial score (nSPS) is 18.8. The van der Waals surface area contributed by atoms with Crippen molar-refractivity contribution in [2.24, 2.45) is 5.92 Å². The highest BCUT2D eigenvalue weighted by atomic mass is 32.1. The van der Waals surface area contributed by atoms with Gasteiger partial charge in [0.25, 0.3) is 0 Å². The largest absolute Gasteiger partial charge is 0.331 e. The zero-order valence-corrected chi connectivity index (χ0v) is 12.7. The van der Waals surface area contributed by atoms with Crippen LogP contribution in [0.2, 0.25) is 0 Å². The van der Waals surface area contributed by atoms with Crippen LogP contribution in [0.3, 0.4) is 0 Å². The van der Waals surface area contributed by atoms with Crippen LogP contribution in [0.25, 0.3) is 0 Å². The van der Waals surface area contributed by atoms with Gasteiger partial charge in [-0.05, 0) is 19.8 Å². The van der Waals surface area contributed by atoms with Gasteiger partial charge in [0.2, 0.25) is 11.0 Å². The molecule has 7 nitrogen and oxygen atoms in total. The molecule has 0 radical (unpaired) electrons. The number of hydrogen-bond donors (Lipinski definition) is 1. The van der Waals surface area contributed by atoms with E-state index in [4.69, 9.17) is 0 Å². The molecule has 1 aromatic rings. The van der Waals surface area contributed by atoms with Crippen molar-refractivity contribution in [2.45, 2.75) is 19.8 Å². The Morgan fingerprint density at radius 3 is 2.75 bits per heavy atom. The number of carbonyl (C=O) groups is 2. The molecule has 1 aliphatic rings. The van der Waals surface area contributed by atoms with Crippen molar-refractivity contribution in [3.8, 4) is 0 Å². The summed E-state index contributed by atoms with van der Waals surface area (Å²) >= 11 is 1.35. The molecule has 1 atom stereocenters. The average molecular weight is 297 g/mol. The lowest BCUT2D eigenvalue weighted by molar-refractivity contribution is -0.121. The van der Waals surface area contributed by atoms with Gasteiger partial charge in [0.1, 0.15) is 5.01 Å². The van der Waals surface area contributed by atoms with E-state index in [1.165, 1.54) is 16.2 Å². The third kappa shape index (κ3) is 3.44. The molecule has 1 N–H and O–H groups in total. The minimum Gasteiger partial charge on any atom is -0.331 e. The first-order chi connectivity index (χ1) is 9.47. The van der Waals surface area contributed by atoms with Gasteiger partial charge in [-0.15, -0.1) is 10.2 Å². The van der Waals surface area contributed by atoms with Gasteiger partial charge in [-0.2, -0.15) is 0 Å². The Morgan fingerprint density at radius 2 is 2.15 bits per heavy atom. The average Bonchev–Trinajstić information content (AvgIpc) is 2.83. The summed E-state index contributed by atoms with van der Waals surface area (Å²) in [4.78, 5) is 27.4. The Hall–Kier alpha value is -1.70. The van der Waals surface area contributed by atoms with Crippen LogP contribution in [0.1, 0.15) is 17.8 Å². The lowest BCUT2D eigenvalue weighted by Crippen LogP contribution is -2.47. The van der Waals surface area contributed by atoms with Crippen LogP contribution < -0.4 is 5.32 Å². The predicted molar refractivity (Wildman–Crippen MR) is 76.7 cm³/mol. The Balaban J connectivity index is 1.94. The highest BCUT2D eigenvalue weighted by Gasteiger charge is 2.29. The summed E-state index contributed by atoms with van der Waals surface area (Å²) in [5.74, 6) is -0.269. The second-order valence-corrected chi connectivity index (χ2v) is 6.26. The third-order valence-corrected chi connectivity index (χ3v) is 3.96. The van der Waals surface area contributed by atoms with Gasteiger partial charge in [0.15, 0.2) is 0 Å². The second-order valence-electron chi connectivity index (χ2n) is 5.08. The van der Waals surface area contributed by atoms with Crippen LogP contribution >= 0.6 is 11.3 Å². The van der Waals surface area contributed by atoms with Crippen molar-refractivity contribution in [3.05, 3.63) is 5.01 Å². The summed E-state index contributed by atoms with van der Waals surface area (Å²) in [7, 11) is 3.44. The van der Waals surface area contributed by atoms with Crippen molar-refractivity contribution >= 4 is 28.4 Å². The SMILES string of the molecule is Cc1nnc(NC(=O)[C@H]2CCCN(C(=O)N(C)C)C2)s1. The molecule has 0 aliphatic carbocycles. The summed E-state index contributed by atoms with van der Waals surface area (Å²) < 4.78 is 0. The first kappa shape index (κ1) is 14.7. The molecule has 1 fully saturated rings. The summed E-state index contributed by atoms with van der Waals surface area (Å²) in [6, 6.07) is -0.0470. The molecule has 20 heavy (non-hydrogen) atoms. The van der Waals surface area contributed by atoms with E-state index in [0.717, 1.165) is 17.8 Å². The molecule has 1 saturated heterocycles. The van der Waals surface area contributed by atoms with Crippen LogP contribution in [0.4, 0.5) is 9.93 Å². The lowest BCUT2D eigenvalue weighted by Gasteiger charge is -2.33. The monoisotopic (exact) mass is 297 g/mol. The first-order valence-electron chi connectivity index (χ1n) is 6.54. The Kier molecular flexibility index (Phi) is 4.53. The molecule has 0 spiro atoms. The highest BCUT2D eigenvalue weighted by Crippen LogP contribution is 2.20. The van der Waals surface area contributed by atoms with E-state index in [1.807, 2.05) is 6.92 Å². The molecule has 2 rings (SSSR count). The van der Waals surface area contributed by atoms with Crippen molar-refractivity contribution in [1.29, 1.82) is 0 Å². The molecule has 3 amide bonds. The summed E-state index contributed by atoms with van der Waals surface area (Å²) in [6.07, 6.45) is 1.63. The standard InChI is InChI=1S/C12H19N5O2S/c1-8-14-15-11(20-8)13-10(18)9-5-4-6-17(7-9)12(19)16(2)3/h9H,4-7H2,1-3H3,(H,13,15,18)/t9-/m0/s1. The maximum absolute atomic E-state index is 12.2. The number of piperidine rings is 1. The van der Waals surface area contributed by atoms with E-state index in [0.29, 0.717) is 18.2 Å². The van der Waals surface area contributed by atoms with Gasteiger partial charge in [-0.25, -0.2) is 4.79 Å². The van der Waals surface area contributed by atoms with Crippen LogP contribution in [-0.4, -0.2) is 59.1 Å². The number of amides is 3. The first-order valence-corrected chi connectivity index (χ1v) is 7.36. The van der Waals surface area contributed by atoms with Gasteiger partial charge in [0.05, 0.1) is 5.92 Å². The summed E-state index contributed by atoms with van der Waals surface area (Å²) in [6.45, 7) is 3.00. The number of carbonyl (C=O) groups excluding carboxylic acids is 2. The fourth-order valence-electron chi connectivity index (χ4n) is 2.20. The minimum atomic E-state index is -0.183. The molecule has 0 saturated carbocycles. The van der Waals surface area contributed by atoms with Crippen LogP contribution in [-0.2, 0) is 4.79 Å². The van der Waals surface area contributed by atoms with Gasteiger partial charge in [-0.3, -0.25) is 4.79 Å². The van der Waals surface area contributed by atoms with E-state index in [1.54, 1.807) is 19.0 Å². The number of anilines is 1. The zero-order chi connectivity index (χ0) is 14.7. The minimum absolute atomic E-state index is 0.0470. The molecule has 0 bridgehead atoms. The van der Waals surface area contributed by atoms with Crippen molar-refractivity contribution in [3.63, 3.8) is 0 Å². The third-order valence-electron chi connectivity index (χ3n) is 3.20. The molecular weight excluding hydrogens is 278 g/mol. The van der Waals surface area contributed by atoms with Gasteiger partial charge < -0.3 is 15.1 Å². The Morgan fingerprint density at radius 1 is 1.40 bits per heavy atom. The van der Waals surface area contributed by atoms with Gasteiger partial charge in [0, 0.05) is 27.2 Å². The molecule has 8 heteroatoms. The fourth-order valence-corrected chi connectivity index (χ4v) is 2.80. The number of aryl methyl sites for hydroxylation is 1. The Labute approximate surface area is 122 Å². The fraction of sp³-hybridized carbons (Fsp3) is 0.667. The number of rotatable bonds is 2. The van der Waals surface area contributed by atoms with Crippen LogP contribution in [0.5, 0.6) is 0 Å². The zero-order valence-electron chi connectivity index (χ0n) is 11.9. The number of hydrogen-bond acceptors (Lipinski definition) is 5. The van der Waals surface area contributed by atoms with Crippen LogP contribution in [0, 0.1) is 12.8 Å². The Bertz CT molecular complexity index is 502. The molecule has 110 valence electrons. The summed E-state index contributed by atoms with van der Waals surface area (Å²) in [5.41, 5.74) is 0. The number of nitrogens with one attached hydrogen (secondary N) is 1. The number of nitrogens with zero attached hydrogens (tertiary/aromatic N) is 4. The lowest BCUT2D eigenvalue weighted by atomic mass is 9.97. The maximum atomic E-state index is 12.2. The van der Waals surface area contributed by atoms with Crippen LogP contribution in [0.15, 0.2) is 0 Å². The van der Waals surface area contributed by atoms with E-state index in [2.05, 4.69) is 15.5 Å². The summed E-state index contributed by atoms with van der Waals surface area (Å²) in [5, 5.41) is 11.9. The molecule has 2 heterocycles.